The Hall–Kier alpha value is -2.19. The first-order valence-electron chi connectivity index (χ1n) is 7.00. The maximum Gasteiger partial charge on any atom is 0.416 e. The van der Waals surface area contributed by atoms with Gasteiger partial charge in [-0.2, -0.15) is 13.2 Å². The maximum atomic E-state index is 13.1. The van der Waals surface area contributed by atoms with Crippen LogP contribution in [0.25, 0.3) is 11.1 Å². The molecule has 1 heterocycles. The van der Waals surface area contributed by atoms with Crippen LogP contribution >= 0.6 is 0 Å². The van der Waals surface area contributed by atoms with E-state index in [1.807, 2.05) is 0 Å². The number of benzene rings is 2. The van der Waals surface area contributed by atoms with E-state index in [2.05, 4.69) is 9.71 Å². The zero-order valence-electron chi connectivity index (χ0n) is 12.6. The number of rotatable bonds is 3. The third-order valence-corrected chi connectivity index (χ3v) is 5.21. The molecule has 24 heavy (non-hydrogen) atoms. The zero-order chi connectivity index (χ0) is 17.5. The van der Waals surface area contributed by atoms with Crippen molar-refractivity contribution >= 4 is 16.2 Å². The quantitative estimate of drug-likeness (QED) is 0.920. The second kappa shape index (κ2) is 5.71. The minimum absolute atomic E-state index is 0.0106. The first-order chi connectivity index (χ1) is 11.2. The zero-order valence-corrected chi connectivity index (χ0v) is 13.4. The van der Waals surface area contributed by atoms with Crippen LogP contribution in [0.5, 0.6) is 0 Å². The molecule has 0 aromatic heterocycles. The average Bonchev–Trinajstić information content (AvgIpc) is 3.01. The predicted octanol–water partition coefficient (Wildman–Crippen LogP) is 3.21. The van der Waals surface area contributed by atoms with Gasteiger partial charge in [-0.25, -0.2) is 13.1 Å². The summed E-state index contributed by atoms with van der Waals surface area (Å²) < 4.78 is 65.4. The second-order valence-corrected chi connectivity index (χ2v) is 7.19. The molecule has 0 bridgehead atoms. The van der Waals surface area contributed by atoms with Crippen molar-refractivity contribution < 1.29 is 21.6 Å². The fourth-order valence-corrected chi connectivity index (χ4v) is 3.36. The van der Waals surface area contributed by atoms with Crippen molar-refractivity contribution in [1.82, 2.24) is 4.72 Å². The Morgan fingerprint density at radius 1 is 1.17 bits per heavy atom. The van der Waals surface area contributed by atoms with E-state index < -0.39 is 21.8 Å². The van der Waals surface area contributed by atoms with E-state index in [9.17, 15) is 21.6 Å². The number of hydrogen-bond donors (Lipinski definition) is 1. The summed E-state index contributed by atoms with van der Waals surface area (Å²) >= 11 is 0. The molecule has 4 nitrogen and oxygen atoms in total. The fraction of sp³-hybridized carbons (Fsp3) is 0.188. The Bertz CT molecular complexity index is 935. The molecule has 0 atom stereocenters. The minimum Gasteiger partial charge on any atom is -0.288 e. The molecule has 1 N–H and O–H groups in total. The molecule has 0 saturated carbocycles. The van der Waals surface area contributed by atoms with E-state index in [0.717, 1.165) is 12.1 Å². The SMILES string of the molecule is CNS(=O)(=O)c1cccc(-c2cc(C(F)(F)F)cc3c2C=NC3)c1. The van der Waals surface area contributed by atoms with Gasteiger partial charge in [-0.1, -0.05) is 12.1 Å². The van der Waals surface area contributed by atoms with Gasteiger partial charge in [-0.05, 0) is 48.0 Å². The highest BCUT2D eigenvalue weighted by atomic mass is 32.2. The average molecular weight is 354 g/mol. The molecule has 3 rings (SSSR count). The summed E-state index contributed by atoms with van der Waals surface area (Å²) in [4.78, 5) is 4.01. The highest BCUT2D eigenvalue weighted by molar-refractivity contribution is 7.89. The molecule has 2 aromatic rings. The summed E-state index contributed by atoms with van der Waals surface area (Å²) in [6, 6.07) is 7.93. The number of aliphatic imine (C=N–C) groups is 1. The minimum atomic E-state index is -4.49. The van der Waals surface area contributed by atoms with Gasteiger partial charge in [0.25, 0.3) is 0 Å². The van der Waals surface area contributed by atoms with Crippen LogP contribution in [0.1, 0.15) is 16.7 Å². The number of sulfonamides is 1. The van der Waals surface area contributed by atoms with Crippen molar-refractivity contribution in [2.45, 2.75) is 17.6 Å². The topological polar surface area (TPSA) is 58.5 Å². The summed E-state index contributed by atoms with van der Waals surface area (Å²) in [5, 5.41) is 0. The van der Waals surface area contributed by atoms with Crippen molar-refractivity contribution in [1.29, 1.82) is 0 Å². The number of nitrogens with one attached hydrogen (secondary N) is 1. The van der Waals surface area contributed by atoms with Crippen molar-refractivity contribution in [3.63, 3.8) is 0 Å². The summed E-state index contributed by atoms with van der Waals surface area (Å²) in [5.74, 6) is 0. The molecule has 0 fully saturated rings. The van der Waals surface area contributed by atoms with Crippen LogP contribution < -0.4 is 4.72 Å². The normalized spacial score (nSPS) is 14.0. The first-order valence-corrected chi connectivity index (χ1v) is 8.48. The number of hydrogen-bond acceptors (Lipinski definition) is 3. The van der Waals surface area contributed by atoms with Crippen molar-refractivity contribution in [2.75, 3.05) is 7.05 Å². The lowest BCUT2D eigenvalue weighted by Crippen LogP contribution is -2.18. The van der Waals surface area contributed by atoms with Gasteiger partial charge in [0.15, 0.2) is 0 Å². The first kappa shape index (κ1) is 16.7. The lowest BCUT2D eigenvalue weighted by atomic mass is 9.94. The lowest BCUT2D eigenvalue weighted by Gasteiger charge is -2.14. The van der Waals surface area contributed by atoms with Crippen LogP contribution in [0.3, 0.4) is 0 Å². The molecule has 8 heteroatoms. The van der Waals surface area contributed by atoms with Gasteiger partial charge in [-0.3, -0.25) is 4.99 Å². The number of halogens is 3. The highest BCUT2D eigenvalue weighted by Gasteiger charge is 2.32. The van der Waals surface area contributed by atoms with Crippen LogP contribution in [0, 0.1) is 0 Å². The lowest BCUT2D eigenvalue weighted by molar-refractivity contribution is -0.137. The summed E-state index contributed by atoms with van der Waals surface area (Å²) in [7, 11) is -2.41. The van der Waals surface area contributed by atoms with Crippen molar-refractivity contribution in [3.05, 3.63) is 53.1 Å². The molecular formula is C16H13F3N2O2S. The van der Waals surface area contributed by atoms with Crippen LogP contribution in [0.4, 0.5) is 13.2 Å². The van der Waals surface area contributed by atoms with Crippen molar-refractivity contribution in [3.8, 4) is 11.1 Å². The third kappa shape index (κ3) is 2.94. The molecule has 126 valence electrons. The van der Waals surface area contributed by atoms with Gasteiger partial charge in [0, 0.05) is 11.8 Å². The van der Waals surface area contributed by atoms with Crippen LogP contribution in [-0.2, 0) is 22.7 Å². The molecule has 1 aliphatic heterocycles. The number of nitrogens with zero attached hydrogens (tertiary/aromatic N) is 1. The maximum absolute atomic E-state index is 13.1. The predicted molar refractivity (Wildman–Crippen MR) is 84.4 cm³/mol. The Balaban J connectivity index is 2.22. The van der Waals surface area contributed by atoms with E-state index in [0.29, 0.717) is 22.3 Å². The Morgan fingerprint density at radius 3 is 2.58 bits per heavy atom. The Labute approximate surface area is 137 Å². The standard InChI is InChI=1S/C16H13F3N2O2S/c1-20-24(22,23)13-4-2-3-10(6-13)14-7-12(16(17,18)19)5-11-8-21-9-15(11)14/h2-7,9,20H,8H2,1H3. The highest BCUT2D eigenvalue weighted by Crippen LogP contribution is 2.37. The fourth-order valence-electron chi connectivity index (χ4n) is 2.58. The Morgan fingerprint density at radius 2 is 1.92 bits per heavy atom. The molecule has 1 aliphatic rings. The van der Waals surface area contributed by atoms with Gasteiger partial charge in [0.1, 0.15) is 0 Å². The smallest absolute Gasteiger partial charge is 0.288 e. The molecule has 0 amide bonds. The molecular weight excluding hydrogens is 341 g/mol. The van der Waals surface area contributed by atoms with Gasteiger partial charge in [-0.15, -0.1) is 0 Å². The molecule has 0 saturated heterocycles. The van der Waals surface area contributed by atoms with E-state index in [1.54, 1.807) is 6.07 Å². The van der Waals surface area contributed by atoms with Crippen molar-refractivity contribution in [2.24, 2.45) is 4.99 Å². The second-order valence-electron chi connectivity index (χ2n) is 5.30. The summed E-state index contributed by atoms with van der Waals surface area (Å²) in [5.41, 5.74) is 0.989. The number of alkyl halides is 3. The van der Waals surface area contributed by atoms with Gasteiger partial charge < -0.3 is 0 Å². The largest absolute Gasteiger partial charge is 0.416 e. The third-order valence-electron chi connectivity index (χ3n) is 3.80. The summed E-state index contributed by atoms with van der Waals surface area (Å²) in [6.45, 7) is 0.181. The van der Waals surface area contributed by atoms with Gasteiger partial charge in [0.2, 0.25) is 10.0 Å². The molecule has 0 aliphatic carbocycles. The monoisotopic (exact) mass is 354 g/mol. The molecule has 0 radical (unpaired) electrons. The van der Waals surface area contributed by atoms with Crippen LogP contribution in [-0.4, -0.2) is 21.7 Å². The van der Waals surface area contributed by atoms with Crippen LogP contribution in [0.2, 0.25) is 0 Å². The van der Waals surface area contributed by atoms with E-state index in [-0.39, 0.29) is 11.4 Å². The summed E-state index contributed by atoms with van der Waals surface area (Å²) in [6.07, 6.45) is -2.97. The van der Waals surface area contributed by atoms with Crippen LogP contribution in [0.15, 0.2) is 46.3 Å². The van der Waals surface area contributed by atoms with Gasteiger partial charge >= 0.3 is 6.18 Å². The van der Waals surface area contributed by atoms with E-state index in [1.165, 1.54) is 31.5 Å². The molecule has 0 spiro atoms. The Kier molecular flexibility index (Phi) is 3.97. The van der Waals surface area contributed by atoms with E-state index in [4.69, 9.17) is 0 Å². The molecule has 0 unspecified atom stereocenters. The molecule has 2 aromatic carbocycles. The van der Waals surface area contributed by atoms with E-state index >= 15 is 0 Å². The number of fused-ring (bicyclic) bond motifs is 1. The van der Waals surface area contributed by atoms with Gasteiger partial charge in [0.05, 0.1) is 17.0 Å².